The number of nitrogens with one attached hydrogen (secondary N) is 1. The fourth-order valence-corrected chi connectivity index (χ4v) is 2.90. The van der Waals surface area contributed by atoms with Gasteiger partial charge < -0.3 is 15.5 Å². The topological polar surface area (TPSA) is 85.3 Å². The van der Waals surface area contributed by atoms with Gasteiger partial charge in [-0.05, 0) is 52.7 Å². The first-order valence-corrected chi connectivity index (χ1v) is 6.72. The number of aldehydes is 2. The molecule has 0 bridgehead atoms. The molecule has 1 aromatic heterocycles. The lowest BCUT2D eigenvalue weighted by Crippen LogP contribution is -2.60. The minimum absolute atomic E-state index is 0.178. The molecule has 3 N–H and O–H groups in total. The maximum atomic E-state index is 9.93. The first-order valence-electron chi connectivity index (χ1n) is 6.72. The Morgan fingerprint density at radius 2 is 1.50 bits per heavy atom. The van der Waals surface area contributed by atoms with E-state index < -0.39 is 0 Å². The molecular weight excluding hydrogens is 256 g/mol. The van der Waals surface area contributed by atoms with Crippen LogP contribution in [0.2, 0.25) is 0 Å². The van der Waals surface area contributed by atoms with E-state index in [4.69, 9.17) is 5.73 Å². The van der Waals surface area contributed by atoms with E-state index in [1.165, 1.54) is 12.1 Å². The molecule has 0 atom stereocenters. The van der Waals surface area contributed by atoms with Crippen LogP contribution in [0.4, 0.5) is 0 Å². The van der Waals surface area contributed by atoms with Gasteiger partial charge in [0.15, 0.2) is 24.1 Å². The van der Waals surface area contributed by atoms with Crippen molar-refractivity contribution in [3.8, 4) is 0 Å². The summed E-state index contributed by atoms with van der Waals surface area (Å²) in [7, 11) is 0. The molecule has 0 unspecified atom stereocenters. The van der Waals surface area contributed by atoms with Crippen molar-refractivity contribution in [2.24, 2.45) is 5.73 Å². The highest BCUT2D eigenvalue weighted by Crippen LogP contribution is 2.26. The van der Waals surface area contributed by atoms with Gasteiger partial charge in [0.2, 0.25) is 0 Å². The number of furan rings is 1. The number of rotatable bonds is 2. The molecule has 0 spiro atoms. The highest BCUT2D eigenvalue weighted by atomic mass is 16.4. The maximum Gasteiger partial charge on any atom is 0.185 e. The molecule has 0 amide bonds. The molecule has 1 aliphatic heterocycles. The first-order chi connectivity index (χ1) is 9.17. The number of hydrogen-bond acceptors (Lipinski definition) is 5. The van der Waals surface area contributed by atoms with Gasteiger partial charge in [0.25, 0.3) is 0 Å². The van der Waals surface area contributed by atoms with E-state index in [9.17, 15) is 9.59 Å². The highest BCUT2D eigenvalue weighted by molar-refractivity contribution is 5.75. The second-order valence-corrected chi connectivity index (χ2v) is 6.54. The second-order valence-electron chi connectivity index (χ2n) is 6.54. The predicted octanol–water partition coefficient (Wildman–Crippen LogP) is 2.16. The van der Waals surface area contributed by atoms with Crippen LogP contribution in [-0.2, 0) is 0 Å². The van der Waals surface area contributed by atoms with Crippen molar-refractivity contribution in [3.63, 3.8) is 0 Å². The van der Waals surface area contributed by atoms with Gasteiger partial charge >= 0.3 is 0 Å². The van der Waals surface area contributed by atoms with Crippen molar-refractivity contribution >= 4 is 12.6 Å². The zero-order valence-electron chi connectivity index (χ0n) is 12.6. The van der Waals surface area contributed by atoms with E-state index >= 15 is 0 Å². The summed E-state index contributed by atoms with van der Waals surface area (Å²) < 4.78 is 4.65. The van der Waals surface area contributed by atoms with Crippen LogP contribution in [0.3, 0.4) is 0 Å². The molecular formula is C15H24N2O3. The number of piperidine rings is 1. The average molecular weight is 280 g/mol. The number of carbonyl (C=O) groups excluding carboxylic acids is 2. The average Bonchev–Trinajstić information content (AvgIpc) is 2.72. The molecule has 0 saturated carbocycles. The number of hydrogen-bond donors (Lipinski definition) is 2. The quantitative estimate of drug-likeness (QED) is 0.811. The number of nitrogens with two attached hydrogens (primary N) is 1. The molecule has 5 nitrogen and oxygen atoms in total. The van der Waals surface area contributed by atoms with Gasteiger partial charge in [-0.1, -0.05) is 0 Å². The van der Waals surface area contributed by atoms with Crippen LogP contribution in [0.5, 0.6) is 0 Å². The van der Waals surface area contributed by atoms with Crippen LogP contribution in [0.15, 0.2) is 16.5 Å². The second kappa shape index (κ2) is 6.33. The lowest BCUT2D eigenvalue weighted by Gasteiger charge is -2.45. The number of carbonyl (C=O) groups is 2. The monoisotopic (exact) mass is 280 g/mol. The Kier molecular flexibility index (Phi) is 5.25. The van der Waals surface area contributed by atoms with Crippen molar-refractivity contribution in [1.82, 2.24) is 5.32 Å². The van der Waals surface area contributed by atoms with E-state index in [1.807, 2.05) is 0 Å². The largest absolute Gasteiger partial charge is 0.450 e. The van der Waals surface area contributed by atoms with Crippen LogP contribution in [0, 0.1) is 0 Å². The lowest BCUT2D eigenvalue weighted by atomic mass is 9.80. The molecule has 0 aliphatic carbocycles. The SMILES string of the molecule is CC1(C)CC(N)CC(C)(C)N1.O=Cc1ccc(C=O)o1. The van der Waals surface area contributed by atoms with Gasteiger partial charge in [-0.15, -0.1) is 0 Å². The van der Waals surface area contributed by atoms with Crippen molar-refractivity contribution < 1.29 is 14.0 Å². The van der Waals surface area contributed by atoms with Gasteiger partial charge in [-0.3, -0.25) is 9.59 Å². The molecule has 5 heteroatoms. The van der Waals surface area contributed by atoms with Crippen molar-refractivity contribution in [1.29, 1.82) is 0 Å². The zero-order chi connectivity index (χ0) is 15.4. The standard InChI is InChI=1S/C9H20N2.C6H4O3/c1-8(2)5-7(10)6-9(3,4)11-8;7-3-5-1-2-6(4-8)9-5/h7,11H,5-6,10H2,1-4H3;1-4H. The third-order valence-corrected chi connectivity index (χ3v) is 3.10. The van der Waals surface area contributed by atoms with Crippen LogP contribution < -0.4 is 11.1 Å². The molecule has 2 rings (SSSR count). The smallest absolute Gasteiger partial charge is 0.185 e. The van der Waals surface area contributed by atoms with Crippen LogP contribution >= 0.6 is 0 Å². The van der Waals surface area contributed by atoms with Gasteiger partial charge in [0.1, 0.15) is 0 Å². The Morgan fingerprint density at radius 3 is 1.75 bits per heavy atom. The third kappa shape index (κ3) is 5.27. The van der Waals surface area contributed by atoms with Gasteiger partial charge in [0, 0.05) is 17.1 Å². The zero-order valence-corrected chi connectivity index (χ0v) is 12.6. The summed E-state index contributed by atoms with van der Waals surface area (Å²) in [4.78, 5) is 19.9. The van der Waals surface area contributed by atoms with Gasteiger partial charge in [-0.25, -0.2) is 0 Å². The van der Waals surface area contributed by atoms with E-state index in [0.29, 0.717) is 18.6 Å². The van der Waals surface area contributed by atoms with E-state index in [0.717, 1.165) is 12.8 Å². The van der Waals surface area contributed by atoms with Gasteiger partial charge in [0.05, 0.1) is 0 Å². The van der Waals surface area contributed by atoms with Gasteiger partial charge in [-0.2, -0.15) is 0 Å². The van der Waals surface area contributed by atoms with E-state index in [1.54, 1.807) is 0 Å². The van der Waals surface area contributed by atoms with Crippen LogP contribution in [-0.4, -0.2) is 29.7 Å². The highest BCUT2D eigenvalue weighted by Gasteiger charge is 2.35. The Bertz CT molecular complexity index is 425. The summed E-state index contributed by atoms with van der Waals surface area (Å²) in [6.45, 7) is 8.86. The molecule has 112 valence electrons. The van der Waals surface area contributed by atoms with Crippen molar-refractivity contribution in [2.75, 3.05) is 0 Å². The molecule has 0 radical (unpaired) electrons. The molecule has 2 heterocycles. The predicted molar refractivity (Wildman–Crippen MR) is 78.0 cm³/mol. The Labute approximate surface area is 119 Å². The lowest BCUT2D eigenvalue weighted by molar-refractivity contribution is 0.108. The summed E-state index contributed by atoms with van der Waals surface area (Å²) in [6, 6.07) is 3.24. The summed E-state index contributed by atoms with van der Waals surface area (Å²) in [5, 5.41) is 3.58. The molecule has 1 fully saturated rings. The maximum absolute atomic E-state index is 9.93. The third-order valence-electron chi connectivity index (χ3n) is 3.10. The molecule has 20 heavy (non-hydrogen) atoms. The molecule has 1 saturated heterocycles. The summed E-state index contributed by atoms with van der Waals surface area (Å²) >= 11 is 0. The Hall–Kier alpha value is -1.46. The normalized spacial score (nSPS) is 20.6. The fourth-order valence-electron chi connectivity index (χ4n) is 2.90. The summed E-state index contributed by atoms with van der Waals surface area (Å²) in [6.07, 6.45) is 3.26. The van der Waals surface area contributed by atoms with Crippen LogP contribution in [0.1, 0.15) is 61.6 Å². The first kappa shape index (κ1) is 16.6. The minimum Gasteiger partial charge on any atom is -0.450 e. The molecule has 0 aromatic carbocycles. The molecule has 1 aliphatic rings. The Balaban J connectivity index is 0.000000204. The molecule has 1 aromatic rings. The summed E-state index contributed by atoms with van der Waals surface area (Å²) in [5.41, 5.74) is 6.36. The minimum atomic E-state index is 0.178. The Morgan fingerprint density at radius 1 is 1.10 bits per heavy atom. The van der Waals surface area contributed by atoms with E-state index in [-0.39, 0.29) is 22.6 Å². The van der Waals surface area contributed by atoms with E-state index in [2.05, 4.69) is 37.4 Å². The van der Waals surface area contributed by atoms with Crippen LogP contribution in [0.25, 0.3) is 0 Å². The fraction of sp³-hybridized carbons (Fsp3) is 0.600. The van der Waals surface area contributed by atoms with Crippen molar-refractivity contribution in [2.45, 2.75) is 57.7 Å². The van der Waals surface area contributed by atoms with Crippen molar-refractivity contribution in [3.05, 3.63) is 23.7 Å². The summed E-state index contributed by atoms with van der Waals surface area (Å²) in [5.74, 6) is 0.356.